The highest BCUT2D eigenvalue weighted by atomic mass is 15.3. The van der Waals surface area contributed by atoms with Crippen LogP contribution in [-0.2, 0) is 0 Å². The Bertz CT molecular complexity index is 157. The van der Waals surface area contributed by atoms with E-state index in [1.807, 2.05) is 0 Å². The fourth-order valence-corrected chi connectivity index (χ4v) is 0.599. The Morgan fingerprint density at radius 3 is 3.11 bits per heavy atom. The Kier molecular flexibility index (Phi) is 1.82. The molecule has 1 rings (SSSR count). The van der Waals surface area contributed by atoms with E-state index in [0.717, 1.165) is 12.1 Å². The molecular weight excluding hydrogens is 114 g/mol. The molecule has 0 fully saturated rings. The molecule has 1 aromatic heterocycles. The minimum absolute atomic E-state index is 0.420. The Morgan fingerprint density at radius 1 is 1.89 bits per heavy atom. The van der Waals surface area contributed by atoms with E-state index >= 15 is 0 Å². The molecule has 1 aromatic rings. The van der Waals surface area contributed by atoms with Crippen LogP contribution < -0.4 is 0 Å². The summed E-state index contributed by atoms with van der Waals surface area (Å²) in [6, 6.07) is 0. The third-order valence-electron chi connectivity index (χ3n) is 1.37. The van der Waals surface area contributed by atoms with E-state index in [1.54, 1.807) is 6.20 Å². The number of nitrogens with zero attached hydrogens (tertiary/aromatic N) is 2. The Morgan fingerprint density at radius 2 is 2.67 bits per heavy atom. The molecule has 0 bridgehead atoms. The van der Waals surface area contributed by atoms with Crippen LogP contribution in [0.5, 0.6) is 0 Å². The molecule has 0 spiro atoms. The van der Waals surface area contributed by atoms with Crippen LogP contribution in [0.1, 0.15) is 25.0 Å². The van der Waals surface area contributed by atoms with E-state index in [2.05, 4.69) is 29.3 Å². The third kappa shape index (κ3) is 1.28. The Balaban J connectivity index is 2.65. The van der Waals surface area contributed by atoms with Crippen LogP contribution in [0.15, 0.2) is 6.20 Å². The molecular formula is C6H10N3. The van der Waals surface area contributed by atoms with E-state index in [9.17, 15) is 0 Å². The van der Waals surface area contributed by atoms with Crippen LogP contribution in [0.2, 0.25) is 0 Å². The molecule has 0 saturated carbocycles. The molecule has 1 radical (unpaired) electrons. The minimum atomic E-state index is 0.420. The van der Waals surface area contributed by atoms with Crippen LogP contribution in [0.25, 0.3) is 0 Å². The van der Waals surface area contributed by atoms with Crippen molar-refractivity contribution in [3.63, 3.8) is 0 Å². The lowest BCUT2D eigenvalue weighted by Gasteiger charge is -1.99. The molecule has 0 amide bonds. The summed E-state index contributed by atoms with van der Waals surface area (Å²) in [6.45, 7) is 5.83. The van der Waals surface area contributed by atoms with Crippen LogP contribution in [0.4, 0.5) is 0 Å². The molecule has 3 nitrogen and oxygen atoms in total. The summed E-state index contributed by atoms with van der Waals surface area (Å²) in [5, 5.41) is 10.1. The first-order chi connectivity index (χ1) is 4.34. The minimum Gasteiger partial charge on any atom is -0.265 e. The van der Waals surface area contributed by atoms with Gasteiger partial charge in [0.1, 0.15) is 0 Å². The zero-order valence-electron chi connectivity index (χ0n) is 5.46. The first-order valence-corrected chi connectivity index (χ1v) is 3.00. The zero-order valence-corrected chi connectivity index (χ0v) is 5.46. The van der Waals surface area contributed by atoms with Gasteiger partial charge >= 0.3 is 0 Å². The zero-order chi connectivity index (χ0) is 6.69. The standard InChI is InChI=1S/C6H10N3/c1-3-5(2)6-4-7-9-8-6/h4-5H,1,3H2,2H3,(H,7,8,9). The van der Waals surface area contributed by atoms with Crippen molar-refractivity contribution >= 4 is 0 Å². The van der Waals surface area contributed by atoms with Crippen molar-refractivity contribution in [2.45, 2.75) is 19.3 Å². The fourth-order valence-electron chi connectivity index (χ4n) is 0.599. The van der Waals surface area contributed by atoms with Gasteiger partial charge in [-0.3, -0.25) is 5.10 Å². The molecule has 1 N–H and O–H groups in total. The smallest absolute Gasteiger partial charge is 0.0852 e. The van der Waals surface area contributed by atoms with Crippen molar-refractivity contribution in [2.75, 3.05) is 0 Å². The summed E-state index contributed by atoms with van der Waals surface area (Å²) in [7, 11) is 0. The molecule has 0 aliphatic rings. The first-order valence-electron chi connectivity index (χ1n) is 3.00. The summed E-state index contributed by atoms with van der Waals surface area (Å²) in [6.07, 6.45) is 2.67. The maximum absolute atomic E-state index is 3.84. The van der Waals surface area contributed by atoms with E-state index in [4.69, 9.17) is 0 Å². The SMILES string of the molecule is [CH2]CC(C)c1c[nH]nn1. The molecule has 1 heterocycles. The van der Waals surface area contributed by atoms with Gasteiger partial charge in [0, 0.05) is 12.1 Å². The van der Waals surface area contributed by atoms with E-state index in [1.165, 1.54) is 0 Å². The van der Waals surface area contributed by atoms with Crippen LogP contribution in [0.3, 0.4) is 0 Å². The lowest BCUT2D eigenvalue weighted by atomic mass is 10.1. The highest BCUT2D eigenvalue weighted by Crippen LogP contribution is 2.12. The van der Waals surface area contributed by atoms with Gasteiger partial charge in [0.05, 0.1) is 5.69 Å². The summed E-state index contributed by atoms with van der Waals surface area (Å²) in [5.41, 5.74) is 0.991. The number of rotatable bonds is 2. The quantitative estimate of drug-likeness (QED) is 0.642. The van der Waals surface area contributed by atoms with E-state index in [-0.39, 0.29) is 0 Å². The average Bonchev–Trinajstić information content (AvgIpc) is 2.37. The normalized spacial score (nSPS) is 13.6. The van der Waals surface area contributed by atoms with Gasteiger partial charge in [-0.2, -0.15) is 0 Å². The molecule has 49 valence electrons. The summed E-state index contributed by atoms with van der Waals surface area (Å²) in [4.78, 5) is 0. The molecule has 0 saturated heterocycles. The second kappa shape index (κ2) is 2.62. The van der Waals surface area contributed by atoms with Crippen LogP contribution >= 0.6 is 0 Å². The monoisotopic (exact) mass is 124 g/mol. The fraction of sp³-hybridized carbons (Fsp3) is 0.500. The van der Waals surface area contributed by atoms with Crippen molar-refractivity contribution in [1.82, 2.24) is 15.4 Å². The van der Waals surface area contributed by atoms with Gasteiger partial charge in [0.2, 0.25) is 0 Å². The van der Waals surface area contributed by atoms with Crippen molar-refractivity contribution in [3.8, 4) is 0 Å². The summed E-state index contributed by atoms with van der Waals surface area (Å²) >= 11 is 0. The predicted octanol–water partition coefficient (Wildman–Crippen LogP) is 1.13. The number of hydrogen-bond acceptors (Lipinski definition) is 2. The van der Waals surface area contributed by atoms with Crippen LogP contribution in [0, 0.1) is 6.92 Å². The van der Waals surface area contributed by atoms with Crippen molar-refractivity contribution in [3.05, 3.63) is 18.8 Å². The number of aromatic nitrogens is 3. The molecule has 0 aliphatic carbocycles. The highest BCUT2D eigenvalue weighted by molar-refractivity contribution is 4.98. The maximum Gasteiger partial charge on any atom is 0.0852 e. The Labute approximate surface area is 54.5 Å². The van der Waals surface area contributed by atoms with E-state index < -0.39 is 0 Å². The van der Waals surface area contributed by atoms with Gasteiger partial charge in [-0.15, -0.1) is 5.10 Å². The summed E-state index contributed by atoms with van der Waals surface area (Å²) in [5.74, 6) is 0.420. The average molecular weight is 124 g/mol. The maximum atomic E-state index is 3.84. The molecule has 1 atom stereocenters. The predicted molar refractivity (Wildman–Crippen MR) is 34.8 cm³/mol. The molecule has 1 unspecified atom stereocenters. The molecule has 3 heteroatoms. The first kappa shape index (κ1) is 6.26. The van der Waals surface area contributed by atoms with Gasteiger partial charge in [0.15, 0.2) is 0 Å². The topological polar surface area (TPSA) is 41.6 Å². The van der Waals surface area contributed by atoms with E-state index in [0.29, 0.717) is 5.92 Å². The van der Waals surface area contributed by atoms with Gasteiger partial charge < -0.3 is 0 Å². The van der Waals surface area contributed by atoms with Crippen molar-refractivity contribution < 1.29 is 0 Å². The van der Waals surface area contributed by atoms with Crippen molar-refractivity contribution in [2.24, 2.45) is 0 Å². The lowest BCUT2D eigenvalue weighted by Crippen LogP contribution is -1.90. The molecule has 0 aliphatic heterocycles. The number of H-pyrrole nitrogens is 1. The third-order valence-corrected chi connectivity index (χ3v) is 1.37. The number of hydrogen-bond donors (Lipinski definition) is 1. The largest absolute Gasteiger partial charge is 0.265 e. The van der Waals surface area contributed by atoms with Crippen LogP contribution in [-0.4, -0.2) is 15.4 Å². The van der Waals surface area contributed by atoms with Gasteiger partial charge in [-0.1, -0.05) is 19.1 Å². The second-order valence-corrected chi connectivity index (χ2v) is 2.09. The van der Waals surface area contributed by atoms with Gasteiger partial charge in [-0.05, 0) is 6.42 Å². The molecule has 9 heavy (non-hydrogen) atoms. The Hall–Kier alpha value is -0.860. The van der Waals surface area contributed by atoms with Gasteiger partial charge in [-0.25, -0.2) is 0 Å². The molecule has 0 aromatic carbocycles. The highest BCUT2D eigenvalue weighted by Gasteiger charge is 2.03. The number of aromatic amines is 1. The van der Waals surface area contributed by atoms with Crippen molar-refractivity contribution in [1.29, 1.82) is 0 Å². The number of nitrogens with one attached hydrogen (secondary N) is 1. The van der Waals surface area contributed by atoms with Gasteiger partial charge in [0.25, 0.3) is 0 Å². The summed E-state index contributed by atoms with van der Waals surface area (Å²) < 4.78 is 0. The lowest BCUT2D eigenvalue weighted by molar-refractivity contribution is 0.739. The second-order valence-electron chi connectivity index (χ2n) is 2.09.